The maximum atomic E-state index is 13.4. The highest BCUT2D eigenvalue weighted by atomic mass is 32.2. The second kappa shape index (κ2) is 12.8. The molecule has 9 nitrogen and oxygen atoms in total. The zero-order valence-electron chi connectivity index (χ0n) is 24.0. The lowest BCUT2D eigenvalue weighted by Crippen LogP contribution is -2.30. The molecule has 10 heteroatoms. The van der Waals surface area contributed by atoms with E-state index in [1.807, 2.05) is 50.4 Å². The number of nitrogens with zero attached hydrogens (tertiary/aromatic N) is 1. The van der Waals surface area contributed by atoms with Gasteiger partial charge in [-0.15, -0.1) is 0 Å². The molecule has 0 heterocycles. The van der Waals surface area contributed by atoms with Crippen LogP contribution in [0.15, 0.2) is 66.5 Å². The number of carbonyl (C=O) groups excluding carboxylic acids is 2. The van der Waals surface area contributed by atoms with Crippen molar-refractivity contribution in [2.24, 2.45) is 11.6 Å². The molecule has 7 N–H and O–H groups in total. The van der Waals surface area contributed by atoms with Crippen LogP contribution in [-0.2, 0) is 10.2 Å². The zero-order valence-corrected chi connectivity index (χ0v) is 24.8. The molecule has 0 aliphatic carbocycles. The molecule has 40 heavy (non-hydrogen) atoms. The number of aryl methyl sites for hydroxylation is 2. The lowest BCUT2D eigenvalue weighted by molar-refractivity contribution is -0.112. The number of para-hydroxylation sites is 1. The number of benzene rings is 3. The summed E-state index contributed by atoms with van der Waals surface area (Å²) in [7, 11) is 1.57. The van der Waals surface area contributed by atoms with Gasteiger partial charge in [0.1, 0.15) is 5.70 Å². The van der Waals surface area contributed by atoms with Gasteiger partial charge in [0, 0.05) is 23.7 Å². The summed E-state index contributed by atoms with van der Waals surface area (Å²) in [6.07, 6.45) is 3.25. The predicted molar refractivity (Wildman–Crippen MR) is 167 cm³/mol. The number of nitrogens with two attached hydrogens (primary N) is 2. The largest absolute Gasteiger partial charge is 0.492 e. The number of carbonyl (C=O) groups is 2. The minimum Gasteiger partial charge on any atom is -0.492 e. The number of methoxy groups -OCH3 is 1. The third-order valence-corrected chi connectivity index (χ3v) is 6.73. The van der Waals surface area contributed by atoms with Crippen LogP contribution < -0.4 is 36.7 Å². The number of amides is 2. The summed E-state index contributed by atoms with van der Waals surface area (Å²) >= 11 is 1.44. The summed E-state index contributed by atoms with van der Waals surface area (Å²) in [6, 6.07) is 16.5. The van der Waals surface area contributed by atoms with Crippen molar-refractivity contribution in [2.75, 3.05) is 33.7 Å². The Kier molecular flexibility index (Phi) is 9.73. The van der Waals surface area contributed by atoms with Crippen LogP contribution in [0.4, 0.5) is 22.7 Å². The SMILES string of the molecule is COc1c(NSC)cc(C(C)(C)C)cc1NC(=O)c1ccc(C)c(N(N)/C=C(\N)C(=O)Nc2ccccc2C)c1. The number of anilines is 4. The first-order valence-electron chi connectivity index (χ1n) is 12.7. The minimum absolute atomic E-state index is 0.0856. The number of hydrogen-bond donors (Lipinski definition) is 5. The molecule has 0 fully saturated rings. The molecule has 0 radical (unpaired) electrons. The van der Waals surface area contributed by atoms with Crippen molar-refractivity contribution in [1.29, 1.82) is 0 Å². The molecule has 0 aromatic heterocycles. The van der Waals surface area contributed by atoms with Crippen LogP contribution in [0.2, 0.25) is 0 Å². The predicted octanol–water partition coefficient (Wildman–Crippen LogP) is 5.67. The number of ether oxygens (including phenoxy) is 1. The quantitative estimate of drug-likeness (QED) is 0.0974. The number of rotatable bonds is 9. The Morgan fingerprint density at radius 3 is 2.25 bits per heavy atom. The van der Waals surface area contributed by atoms with Crippen molar-refractivity contribution >= 4 is 46.5 Å². The van der Waals surface area contributed by atoms with Crippen molar-refractivity contribution in [1.82, 2.24) is 0 Å². The highest BCUT2D eigenvalue weighted by Gasteiger charge is 2.21. The van der Waals surface area contributed by atoms with E-state index in [-0.39, 0.29) is 17.0 Å². The molecule has 3 aromatic rings. The van der Waals surface area contributed by atoms with E-state index in [0.29, 0.717) is 28.4 Å². The van der Waals surface area contributed by atoms with E-state index >= 15 is 0 Å². The monoisotopic (exact) mass is 562 g/mol. The topological polar surface area (TPSA) is 135 Å². The van der Waals surface area contributed by atoms with Crippen LogP contribution in [0.1, 0.15) is 47.8 Å². The van der Waals surface area contributed by atoms with Gasteiger partial charge < -0.3 is 25.8 Å². The number of hydrazine groups is 1. The van der Waals surface area contributed by atoms with Crippen molar-refractivity contribution in [3.8, 4) is 5.75 Å². The van der Waals surface area contributed by atoms with Gasteiger partial charge in [0.25, 0.3) is 11.8 Å². The maximum Gasteiger partial charge on any atom is 0.273 e. The number of nitrogens with one attached hydrogen (secondary N) is 3. The van der Waals surface area contributed by atoms with Crippen molar-refractivity contribution < 1.29 is 14.3 Å². The van der Waals surface area contributed by atoms with Gasteiger partial charge in [0.15, 0.2) is 5.75 Å². The smallest absolute Gasteiger partial charge is 0.273 e. The molecule has 3 rings (SSSR count). The summed E-state index contributed by atoms with van der Waals surface area (Å²) in [6.45, 7) is 10.0. The van der Waals surface area contributed by atoms with E-state index in [4.69, 9.17) is 16.3 Å². The molecule has 212 valence electrons. The lowest BCUT2D eigenvalue weighted by atomic mass is 9.86. The van der Waals surface area contributed by atoms with Crippen LogP contribution in [-0.4, -0.2) is 25.2 Å². The number of hydrogen-bond acceptors (Lipinski definition) is 8. The average Bonchev–Trinajstić information content (AvgIpc) is 2.89. The molecule has 0 spiro atoms. The highest BCUT2D eigenvalue weighted by Crippen LogP contribution is 2.39. The lowest BCUT2D eigenvalue weighted by Gasteiger charge is -2.24. The first-order valence-corrected chi connectivity index (χ1v) is 13.9. The van der Waals surface area contributed by atoms with Gasteiger partial charge >= 0.3 is 0 Å². The Bertz CT molecular complexity index is 1430. The molecule has 2 amide bonds. The van der Waals surface area contributed by atoms with Crippen LogP contribution >= 0.6 is 11.9 Å². The highest BCUT2D eigenvalue weighted by molar-refractivity contribution is 7.99. The fourth-order valence-corrected chi connectivity index (χ4v) is 4.34. The third kappa shape index (κ3) is 7.28. The fourth-order valence-electron chi connectivity index (χ4n) is 3.97. The van der Waals surface area contributed by atoms with Crippen LogP contribution in [0.5, 0.6) is 5.75 Å². The maximum absolute atomic E-state index is 13.4. The Morgan fingerprint density at radius 2 is 1.62 bits per heavy atom. The second-order valence-electron chi connectivity index (χ2n) is 10.4. The van der Waals surface area contributed by atoms with Gasteiger partial charge in [-0.25, -0.2) is 5.84 Å². The van der Waals surface area contributed by atoms with Crippen LogP contribution in [0.3, 0.4) is 0 Å². The Hall–Kier alpha value is -4.15. The molecular formula is C30H38N6O3S. The Morgan fingerprint density at radius 1 is 0.950 bits per heavy atom. The third-order valence-electron chi connectivity index (χ3n) is 6.30. The molecule has 0 aliphatic rings. The van der Waals surface area contributed by atoms with Crippen molar-refractivity contribution in [3.05, 3.63) is 88.7 Å². The zero-order chi connectivity index (χ0) is 29.6. The van der Waals surface area contributed by atoms with Crippen molar-refractivity contribution in [3.63, 3.8) is 0 Å². The van der Waals surface area contributed by atoms with Gasteiger partial charge in [-0.1, -0.05) is 57.0 Å². The van der Waals surface area contributed by atoms with Crippen molar-refractivity contribution in [2.45, 2.75) is 40.0 Å². The summed E-state index contributed by atoms with van der Waals surface area (Å²) in [5, 5.41) is 7.01. The Balaban J connectivity index is 1.88. The van der Waals surface area contributed by atoms with Crippen LogP contribution in [0.25, 0.3) is 0 Å². The van der Waals surface area contributed by atoms with Gasteiger partial charge in [-0.3, -0.25) is 14.6 Å². The normalized spacial score (nSPS) is 11.6. The average molecular weight is 563 g/mol. The standard InChI is InChI=1S/C30H38N6O3S/c1-18-10-8-9-11-23(18)33-29(38)22(31)17-36(32)26-14-20(13-12-19(26)2)28(37)34-24-15-21(30(3,4)5)16-25(35-40-7)27(24)39-6/h8-17,35H,31-32H2,1-7H3,(H,33,38)(H,34,37)/b22-17-. The molecule has 0 aliphatic heterocycles. The summed E-state index contributed by atoms with van der Waals surface area (Å²) in [4.78, 5) is 26.1. The molecule has 0 unspecified atom stereocenters. The van der Waals surface area contributed by atoms with Gasteiger partial charge in [-0.2, -0.15) is 0 Å². The van der Waals surface area contributed by atoms with Gasteiger partial charge in [0.05, 0.1) is 24.2 Å². The fraction of sp³-hybridized carbons (Fsp3) is 0.267. The van der Waals surface area contributed by atoms with E-state index in [1.165, 1.54) is 23.2 Å². The molecular weight excluding hydrogens is 524 g/mol. The molecule has 3 aromatic carbocycles. The van der Waals surface area contributed by atoms with Gasteiger partial charge in [0.2, 0.25) is 0 Å². The van der Waals surface area contributed by atoms with E-state index in [2.05, 4.69) is 36.1 Å². The molecule has 0 saturated carbocycles. The first-order chi connectivity index (χ1) is 18.8. The van der Waals surface area contributed by atoms with E-state index in [0.717, 1.165) is 22.4 Å². The summed E-state index contributed by atoms with van der Waals surface area (Å²) < 4.78 is 8.89. The molecule has 0 saturated heterocycles. The summed E-state index contributed by atoms with van der Waals surface area (Å²) in [5.41, 5.74) is 11.4. The van der Waals surface area contributed by atoms with E-state index < -0.39 is 5.91 Å². The Labute approximate surface area is 240 Å². The van der Waals surface area contributed by atoms with Gasteiger partial charge in [-0.05, 0) is 66.3 Å². The van der Waals surface area contributed by atoms with E-state index in [9.17, 15) is 9.59 Å². The van der Waals surface area contributed by atoms with Crippen LogP contribution in [0, 0.1) is 13.8 Å². The molecule has 0 bridgehead atoms. The minimum atomic E-state index is -0.489. The van der Waals surface area contributed by atoms with E-state index in [1.54, 1.807) is 31.4 Å². The second-order valence-corrected chi connectivity index (χ2v) is 11.0. The summed E-state index contributed by atoms with van der Waals surface area (Å²) in [5.74, 6) is 5.97. The first kappa shape index (κ1) is 30.4. The molecule has 0 atom stereocenters.